The van der Waals surface area contributed by atoms with Crippen molar-refractivity contribution >= 4 is 43.9 Å². The van der Waals surface area contributed by atoms with E-state index in [1.54, 1.807) is 63.2 Å². The van der Waals surface area contributed by atoms with Crippen LogP contribution in [0.5, 0.6) is 0 Å². The zero-order valence-electron chi connectivity index (χ0n) is 53.8. The van der Waals surface area contributed by atoms with Crippen molar-refractivity contribution in [3.8, 4) is 22.7 Å². The third-order valence-corrected chi connectivity index (χ3v) is 15.6. The van der Waals surface area contributed by atoms with Crippen LogP contribution in [-0.2, 0) is 55.6 Å². The molecule has 0 N–H and O–H groups in total. The van der Waals surface area contributed by atoms with Crippen LogP contribution >= 0.6 is 0 Å². The van der Waals surface area contributed by atoms with Crippen molar-refractivity contribution < 1.29 is 154 Å². The molecule has 568 valence electrons. The van der Waals surface area contributed by atoms with E-state index in [2.05, 4.69) is 0 Å². The summed E-state index contributed by atoms with van der Waals surface area (Å²) in [4.78, 5) is 48.7. The highest BCUT2D eigenvalue weighted by Crippen LogP contribution is 2.48. The van der Waals surface area contributed by atoms with Crippen molar-refractivity contribution in [1.82, 2.24) is 0 Å². The van der Waals surface area contributed by atoms with Gasteiger partial charge in [0.15, 0.2) is 47.1 Å². The van der Waals surface area contributed by atoms with Crippen molar-refractivity contribution in [2.24, 2.45) is 0 Å². The van der Waals surface area contributed by atoms with Gasteiger partial charge in [-0.2, -0.15) is 138 Å². The number of aryl methyl sites for hydroxylation is 4. The molecule has 0 saturated heterocycles. The maximum Gasteiger partial charge on any atom is 0.608 e. The van der Waals surface area contributed by atoms with Crippen molar-refractivity contribution in [1.29, 1.82) is 0 Å². The summed E-state index contributed by atoms with van der Waals surface area (Å²) in [5, 5.41) is 1.10. The molecule has 0 unspecified atom stereocenters. The van der Waals surface area contributed by atoms with Gasteiger partial charge in [0.1, 0.15) is 11.1 Å². The predicted molar refractivity (Wildman–Crippen MR) is 320 cm³/mol. The SMILES string of the molecule is Cc1cccc2c[n+](-c3cc(C(F)(F)F)c(C(F)(F)F)c(C(F)(F)F)c3)c(=O)oc12.Cc1cccc2c[n+](-c3cc(C(F)(F)F)ccc3C(F)(F)F)c(=O)oc12.Cc1cccc2c[n+](-c3ccc(C(F)(F)F)c(C(F)(F)F)c3)c(=O)oc12.Cc1cccc2c[n+](-c3cccc(C(F)(F)F)c3C(F)(F)F)c(=O)oc12. The maximum absolute atomic E-state index is 13.4. The summed E-state index contributed by atoms with van der Waals surface area (Å²) in [5.74, 6) is -4.84. The fourth-order valence-electron chi connectivity index (χ4n) is 10.8. The van der Waals surface area contributed by atoms with Gasteiger partial charge < -0.3 is 17.7 Å². The van der Waals surface area contributed by atoms with E-state index in [-0.39, 0.29) is 73.0 Å². The molecule has 4 aromatic heterocycles. The Morgan fingerprint density at radius 3 is 0.898 bits per heavy atom. The summed E-state index contributed by atoms with van der Waals surface area (Å²) in [5.41, 5.74) is -18.8. The number of halogens is 27. The lowest BCUT2D eigenvalue weighted by molar-refractivity contribution is -0.625. The van der Waals surface area contributed by atoms with Gasteiger partial charge in [-0.15, -0.1) is 0 Å². The number of hydrogen-bond donors (Lipinski definition) is 0. The number of rotatable bonds is 4. The quantitative estimate of drug-likeness (QED) is 0.125. The van der Waals surface area contributed by atoms with Crippen molar-refractivity contribution in [3.05, 3.63) is 279 Å². The number of nitrogens with zero attached hydrogens (tertiary/aromatic N) is 4. The van der Waals surface area contributed by atoms with Gasteiger partial charge >= 0.3 is 78.6 Å². The van der Waals surface area contributed by atoms with E-state index in [1.807, 2.05) is 0 Å². The standard InChI is InChI=1S/C18H9F9NO2.3C17H10F6NO2/c1-8-3-2-4-9-7-28(15(29)30-14(8)9)10-5-11(16(19,20)21)13(18(25,26)27)12(6-10)17(22,23)24;1-9-4-2-5-10-8-24(15(25)26-14(9)10)12-7-3-6-11(16(18,19)20)13(12)17(21,22)23;1-9-3-2-4-10-8-24(15(25)26-14(9)10)11-5-6-12(16(18,19)20)13(7-11)17(21,22)23;1-9-3-2-4-10-8-24(15(25)26-14(9)10)13-7-11(16(18,19)20)5-6-12(13)17(21,22)23/h2-7H,1H3;3*2-8H,1H3/q4*+1. The smallest absolute Gasteiger partial charge is 0.371 e. The van der Waals surface area contributed by atoms with Gasteiger partial charge in [0, 0.05) is 36.4 Å². The minimum atomic E-state index is -5.95. The summed E-state index contributed by atoms with van der Waals surface area (Å²) in [7, 11) is 0. The number of alkyl halides is 27. The number of hydrogen-bond acceptors (Lipinski definition) is 8. The van der Waals surface area contributed by atoms with E-state index in [0.29, 0.717) is 61.0 Å². The Labute approximate surface area is 581 Å². The van der Waals surface area contributed by atoms with Crippen LogP contribution in [0.15, 0.2) is 201 Å². The molecule has 12 nitrogen and oxygen atoms in total. The van der Waals surface area contributed by atoms with Crippen molar-refractivity contribution in [3.63, 3.8) is 0 Å². The van der Waals surface area contributed by atoms with Crippen LogP contribution in [0, 0.1) is 27.7 Å². The van der Waals surface area contributed by atoms with E-state index < -0.39 is 146 Å². The Bertz CT molecular complexity index is 5590. The second kappa shape index (κ2) is 28.6. The summed E-state index contributed by atoms with van der Waals surface area (Å²) < 4.78 is 377. The molecule has 0 aliphatic rings. The van der Waals surface area contributed by atoms with E-state index in [0.717, 1.165) is 41.4 Å². The Balaban J connectivity index is 0.000000166. The van der Waals surface area contributed by atoms with E-state index >= 15 is 0 Å². The second-order valence-electron chi connectivity index (χ2n) is 23.0. The molecule has 12 aromatic rings. The molecule has 39 heteroatoms. The Hall–Kier alpha value is -11.6. The van der Waals surface area contributed by atoms with Crippen molar-refractivity contribution in [2.75, 3.05) is 0 Å². The molecule has 4 heterocycles. The lowest BCUT2D eigenvalue weighted by atomic mass is 9.98. The predicted octanol–water partition coefficient (Wildman–Crippen LogP) is 18.7. The lowest BCUT2D eigenvalue weighted by Gasteiger charge is -2.20. The van der Waals surface area contributed by atoms with Crippen LogP contribution in [0.1, 0.15) is 72.3 Å². The lowest BCUT2D eigenvalue weighted by Crippen LogP contribution is -2.48. The monoisotopic (exact) mass is 1560 g/mol. The first-order valence-electron chi connectivity index (χ1n) is 29.6. The highest BCUT2D eigenvalue weighted by molar-refractivity contribution is 5.80. The number of fused-ring (bicyclic) bond motifs is 4. The summed E-state index contributed by atoms with van der Waals surface area (Å²) in [6.07, 6.45) is -44.2. The summed E-state index contributed by atoms with van der Waals surface area (Å²) in [6, 6.07) is 22.5. The number of aromatic nitrogens is 4. The maximum atomic E-state index is 13.4. The number of para-hydroxylation sites is 4. The van der Waals surface area contributed by atoms with Gasteiger partial charge in [-0.3, -0.25) is 0 Å². The van der Waals surface area contributed by atoms with Crippen LogP contribution in [0.25, 0.3) is 66.6 Å². The fourth-order valence-corrected chi connectivity index (χ4v) is 10.8. The van der Waals surface area contributed by atoms with Crippen LogP contribution in [0.2, 0.25) is 0 Å². The summed E-state index contributed by atoms with van der Waals surface area (Å²) >= 11 is 0. The average Bonchev–Trinajstić information content (AvgIpc) is 0.667. The zero-order chi connectivity index (χ0) is 80.5. The van der Waals surface area contributed by atoms with Crippen LogP contribution in [-0.4, -0.2) is 0 Å². The van der Waals surface area contributed by atoms with Crippen LogP contribution < -0.4 is 41.3 Å². The van der Waals surface area contributed by atoms with Crippen molar-refractivity contribution in [2.45, 2.75) is 83.3 Å². The van der Waals surface area contributed by atoms with E-state index in [9.17, 15) is 138 Å². The van der Waals surface area contributed by atoms with E-state index in [1.165, 1.54) is 43.5 Å². The molecule has 0 amide bonds. The molecule has 0 aliphatic heterocycles. The normalized spacial score (nSPS) is 12.7. The molecule has 0 aliphatic carbocycles. The van der Waals surface area contributed by atoms with Crippen LogP contribution in [0.4, 0.5) is 119 Å². The molecule has 0 saturated carbocycles. The first-order chi connectivity index (χ1) is 49.6. The first kappa shape index (κ1) is 80.5. The van der Waals surface area contributed by atoms with Gasteiger partial charge in [0.2, 0.25) is 22.7 Å². The molecule has 12 rings (SSSR count). The molecule has 0 bridgehead atoms. The highest BCUT2D eigenvalue weighted by Gasteiger charge is 2.53. The van der Waals surface area contributed by atoms with Gasteiger partial charge in [0.05, 0.1) is 60.5 Å². The van der Waals surface area contributed by atoms with E-state index in [4.69, 9.17) is 17.7 Å². The third kappa shape index (κ3) is 17.3. The minimum absolute atomic E-state index is 0.0257. The molecule has 8 aromatic carbocycles. The molecule has 108 heavy (non-hydrogen) atoms. The molecule has 0 fully saturated rings. The topological polar surface area (TPSA) is 136 Å². The minimum Gasteiger partial charge on any atom is -0.371 e. The molecule has 0 radical (unpaired) electrons. The molecular formula is C69H39F27N4O8+4. The molecule has 0 spiro atoms. The summed E-state index contributed by atoms with van der Waals surface area (Å²) in [6.45, 7) is 6.47. The fraction of sp³-hybridized carbons (Fsp3) is 0.188. The average molecular weight is 1570 g/mol. The molecule has 0 atom stereocenters. The van der Waals surface area contributed by atoms with Gasteiger partial charge in [0.25, 0.3) is 0 Å². The first-order valence-corrected chi connectivity index (χ1v) is 29.6. The number of benzene rings is 8. The van der Waals surface area contributed by atoms with Gasteiger partial charge in [-0.25, -0.2) is 0 Å². The van der Waals surface area contributed by atoms with Crippen LogP contribution in [0.3, 0.4) is 0 Å². The van der Waals surface area contributed by atoms with Gasteiger partial charge in [-0.05, 0) is 98.5 Å². The largest absolute Gasteiger partial charge is 0.608 e. The molecular weight excluding hydrogens is 1530 g/mol. The third-order valence-electron chi connectivity index (χ3n) is 15.6. The highest BCUT2D eigenvalue weighted by atomic mass is 19.4. The Kier molecular flexibility index (Phi) is 21.3. The second-order valence-corrected chi connectivity index (χ2v) is 23.0. The zero-order valence-corrected chi connectivity index (χ0v) is 53.8. The Morgan fingerprint density at radius 2 is 0.556 bits per heavy atom. The van der Waals surface area contributed by atoms with Gasteiger partial charge in [-0.1, -0.05) is 72.9 Å². The Morgan fingerprint density at radius 1 is 0.250 bits per heavy atom.